The Morgan fingerprint density at radius 3 is 2.68 bits per heavy atom. The van der Waals surface area contributed by atoms with Crippen LogP contribution in [0.2, 0.25) is 0 Å². The van der Waals surface area contributed by atoms with E-state index in [1.807, 2.05) is 0 Å². The number of carbonyl (C=O) groups excluding carboxylic acids is 2. The second kappa shape index (κ2) is 6.20. The van der Waals surface area contributed by atoms with Gasteiger partial charge >= 0.3 is 0 Å². The van der Waals surface area contributed by atoms with Gasteiger partial charge in [0.05, 0.1) is 5.56 Å². The molecule has 2 aliphatic rings. The fourth-order valence-electron chi connectivity index (χ4n) is 3.74. The predicted octanol–water partition coefficient (Wildman–Crippen LogP) is 3.87. The summed E-state index contributed by atoms with van der Waals surface area (Å²) in [5.41, 5.74) is 1.89. The zero-order chi connectivity index (χ0) is 20.4. The van der Waals surface area contributed by atoms with Crippen LogP contribution in [0.4, 0.5) is 0 Å². The highest BCUT2D eigenvalue weighted by molar-refractivity contribution is 8.20. The molecule has 0 amide bonds. The highest BCUT2D eigenvalue weighted by Gasteiger charge is 2.39. The van der Waals surface area contributed by atoms with E-state index in [-0.39, 0.29) is 39.7 Å². The Labute approximate surface area is 163 Å². The van der Waals surface area contributed by atoms with E-state index in [0.717, 1.165) is 0 Å². The van der Waals surface area contributed by atoms with Crippen molar-refractivity contribution in [1.82, 2.24) is 9.78 Å². The van der Waals surface area contributed by atoms with Crippen LogP contribution in [-0.2, 0) is 11.8 Å². The summed E-state index contributed by atoms with van der Waals surface area (Å²) in [6.45, 7) is 3.37. The number of allylic oxidation sites excluding steroid dienone is 2. The number of aliphatic hydroxyl groups is 1. The van der Waals surface area contributed by atoms with Gasteiger partial charge in [0.2, 0.25) is 0 Å². The molecule has 0 saturated carbocycles. The van der Waals surface area contributed by atoms with Crippen LogP contribution in [0.3, 0.4) is 0 Å². The van der Waals surface area contributed by atoms with Gasteiger partial charge in [-0.25, -0.2) is 0 Å². The monoisotopic (exact) mass is 404 g/mol. The zero-order valence-electron chi connectivity index (χ0n) is 15.6. The summed E-state index contributed by atoms with van der Waals surface area (Å²) in [6.07, 6.45) is 2.51. The number of nitrogens with zero attached hydrogens (tertiary/aromatic N) is 2. The molecule has 1 aliphatic heterocycles. The molecule has 0 spiro atoms. The summed E-state index contributed by atoms with van der Waals surface area (Å²) in [7, 11) is -1.87. The Balaban J connectivity index is 1.95. The van der Waals surface area contributed by atoms with Gasteiger partial charge in [0.15, 0.2) is 28.2 Å². The summed E-state index contributed by atoms with van der Waals surface area (Å²) in [5, 5.41) is 14.5. The third kappa shape index (κ3) is 2.66. The van der Waals surface area contributed by atoms with Gasteiger partial charge in [-0.15, -0.1) is 0 Å². The molecule has 148 valence electrons. The lowest BCUT2D eigenvalue weighted by Gasteiger charge is -2.33. The molecule has 1 aromatic carbocycles. The molecule has 28 heavy (non-hydrogen) atoms. The number of hydrogen-bond acceptors (Lipinski definition) is 7. The first-order valence-electron chi connectivity index (χ1n) is 8.77. The second-order valence-electron chi connectivity index (χ2n) is 7.09. The van der Waals surface area contributed by atoms with Crippen molar-refractivity contribution in [3.63, 3.8) is 0 Å². The number of benzene rings is 1. The maximum absolute atomic E-state index is 13.1. The number of aromatic nitrogens is 2. The first-order chi connectivity index (χ1) is 13.1. The van der Waals surface area contributed by atoms with Crippen LogP contribution in [0.5, 0.6) is 5.75 Å². The molecule has 2 heterocycles. The van der Waals surface area contributed by atoms with Crippen molar-refractivity contribution in [3.8, 4) is 17.0 Å². The first-order valence-corrected chi connectivity index (χ1v) is 10.2. The van der Waals surface area contributed by atoms with E-state index in [0.29, 0.717) is 35.2 Å². The number of Topliss-reactive ketones (excluding diaryl/α,β-unsaturated/α-hetero) is 2. The molecule has 9 heteroatoms. The van der Waals surface area contributed by atoms with Gasteiger partial charge in [0, 0.05) is 31.6 Å². The molecule has 0 saturated heterocycles. The van der Waals surface area contributed by atoms with Crippen LogP contribution in [0.15, 0.2) is 28.5 Å². The zero-order valence-corrected chi connectivity index (χ0v) is 16.5. The number of aliphatic hydroxyl groups excluding tert-OH is 1. The normalized spacial score (nSPS) is 19.0. The highest BCUT2D eigenvalue weighted by atomic mass is 32.3. The minimum Gasteiger partial charge on any atom is -0.511 e. The molecule has 1 aromatic heterocycles. The minimum absolute atomic E-state index is 0.144. The average molecular weight is 404 g/mol. The topological polar surface area (TPSA) is 122 Å². The molecule has 0 atom stereocenters. The molecule has 8 nitrogen and oxygen atoms in total. The maximum Gasteiger partial charge on any atom is 0.200 e. The van der Waals surface area contributed by atoms with Crippen LogP contribution in [-0.4, -0.2) is 35.6 Å². The van der Waals surface area contributed by atoms with Gasteiger partial charge < -0.3 is 9.29 Å². The summed E-state index contributed by atoms with van der Waals surface area (Å²) >= 11 is 0. The summed E-state index contributed by atoms with van der Waals surface area (Å²) < 4.78 is 27.7. The van der Waals surface area contributed by atoms with E-state index >= 15 is 0 Å². The molecule has 4 rings (SSSR count). The van der Waals surface area contributed by atoms with E-state index in [1.165, 1.54) is 10.9 Å². The molecule has 0 fully saturated rings. The van der Waals surface area contributed by atoms with Crippen LogP contribution in [0.1, 0.15) is 40.7 Å². The maximum atomic E-state index is 13.1. The molecule has 1 aliphatic carbocycles. The van der Waals surface area contributed by atoms with Crippen LogP contribution in [0.25, 0.3) is 11.3 Å². The standard InChI is InChI=1S/C19H20N2O6S/c1-9-7-11(18(24)16-12(22)5-4-6-13(16)23)10(2)15-17-14(8-21(3)20-17)28(25,26)27-19(9)15/h7-8,22,25-26H,4-6H2,1-3H3. The van der Waals surface area contributed by atoms with Crippen LogP contribution >= 0.6 is 10.9 Å². The van der Waals surface area contributed by atoms with Crippen molar-refractivity contribution in [2.75, 3.05) is 0 Å². The number of fused-ring (bicyclic) bond motifs is 3. The van der Waals surface area contributed by atoms with Crippen molar-refractivity contribution in [1.29, 1.82) is 0 Å². The van der Waals surface area contributed by atoms with Gasteiger partial charge in [-0.3, -0.25) is 23.4 Å². The Morgan fingerprint density at radius 2 is 2.00 bits per heavy atom. The van der Waals surface area contributed by atoms with Crippen molar-refractivity contribution in [3.05, 3.63) is 40.3 Å². The van der Waals surface area contributed by atoms with Crippen molar-refractivity contribution in [2.45, 2.75) is 38.0 Å². The Hall–Kier alpha value is -2.62. The molecule has 2 aromatic rings. The number of ketones is 2. The average Bonchev–Trinajstić information content (AvgIpc) is 3.00. The number of hydrogen-bond donors (Lipinski definition) is 3. The van der Waals surface area contributed by atoms with Crippen LogP contribution in [0, 0.1) is 13.8 Å². The largest absolute Gasteiger partial charge is 0.511 e. The molecular formula is C19H20N2O6S. The van der Waals surface area contributed by atoms with Gasteiger partial charge in [0.1, 0.15) is 21.9 Å². The Morgan fingerprint density at radius 1 is 1.29 bits per heavy atom. The third-order valence-electron chi connectivity index (χ3n) is 5.10. The predicted molar refractivity (Wildman–Crippen MR) is 103 cm³/mol. The van der Waals surface area contributed by atoms with Gasteiger partial charge in [0.25, 0.3) is 0 Å². The van der Waals surface area contributed by atoms with Gasteiger partial charge in [-0.05, 0) is 37.5 Å². The van der Waals surface area contributed by atoms with E-state index < -0.39 is 16.7 Å². The van der Waals surface area contributed by atoms with Crippen molar-refractivity contribution in [2.24, 2.45) is 7.05 Å². The van der Waals surface area contributed by atoms with Crippen LogP contribution < -0.4 is 4.18 Å². The third-order valence-corrected chi connectivity index (χ3v) is 6.37. The Kier molecular flexibility index (Phi) is 4.14. The lowest BCUT2D eigenvalue weighted by atomic mass is 9.86. The SMILES string of the molecule is Cc1cc(C(=O)C2=C(O)CCCC2=O)c(C)c2c1OS(O)(O)c1cn(C)nc1-2. The lowest BCUT2D eigenvalue weighted by molar-refractivity contribution is -0.116. The Bertz CT molecular complexity index is 1080. The van der Waals surface area contributed by atoms with Crippen molar-refractivity contribution < 1.29 is 28.0 Å². The fourth-order valence-corrected chi connectivity index (χ4v) is 4.96. The fraction of sp³-hybridized carbons (Fsp3) is 0.316. The molecule has 3 N–H and O–H groups in total. The molecule has 0 bridgehead atoms. The van der Waals surface area contributed by atoms with Gasteiger partial charge in [-0.2, -0.15) is 5.10 Å². The molecule has 0 radical (unpaired) electrons. The van der Waals surface area contributed by atoms with E-state index in [4.69, 9.17) is 4.18 Å². The summed E-state index contributed by atoms with van der Waals surface area (Å²) in [6, 6.07) is 1.54. The smallest absolute Gasteiger partial charge is 0.200 e. The lowest BCUT2D eigenvalue weighted by Crippen LogP contribution is -2.21. The first kappa shape index (κ1) is 18.7. The number of aryl methyl sites for hydroxylation is 2. The summed E-state index contributed by atoms with van der Waals surface area (Å²) in [5.74, 6) is -0.846. The highest BCUT2D eigenvalue weighted by Crippen LogP contribution is 2.60. The number of carbonyl (C=O) groups is 2. The molecular weight excluding hydrogens is 384 g/mol. The van der Waals surface area contributed by atoms with E-state index in [2.05, 4.69) is 5.10 Å². The van der Waals surface area contributed by atoms with E-state index in [9.17, 15) is 23.8 Å². The summed E-state index contributed by atoms with van der Waals surface area (Å²) in [4.78, 5) is 25.5. The quantitative estimate of drug-likeness (QED) is 0.513. The van der Waals surface area contributed by atoms with Crippen molar-refractivity contribution >= 4 is 22.4 Å². The van der Waals surface area contributed by atoms with E-state index in [1.54, 1.807) is 27.0 Å². The second-order valence-corrected chi connectivity index (χ2v) is 8.69. The molecule has 0 unspecified atom stereocenters. The van der Waals surface area contributed by atoms with Gasteiger partial charge in [-0.1, -0.05) is 0 Å². The minimum atomic E-state index is -3.52. The number of rotatable bonds is 2.